The second-order valence-electron chi connectivity index (χ2n) is 2.41. The summed E-state index contributed by atoms with van der Waals surface area (Å²) < 4.78 is 0.799. The zero-order chi connectivity index (χ0) is 9.84. The maximum absolute atomic E-state index is 10.7. The fourth-order valence-corrected chi connectivity index (χ4v) is 1.77. The number of aromatic nitrogens is 1. The maximum Gasteiger partial charge on any atom is 0.354 e. The third-order valence-electron chi connectivity index (χ3n) is 1.50. The molecule has 0 aliphatic rings. The van der Waals surface area contributed by atoms with Crippen molar-refractivity contribution in [2.45, 2.75) is 6.42 Å². The minimum absolute atomic E-state index is 0.127. The largest absolute Gasteiger partial charge is 0.477 e. The second-order valence-corrected chi connectivity index (χ2v) is 4.11. The molecule has 1 aromatic heterocycles. The van der Waals surface area contributed by atoms with Gasteiger partial charge in [-0.1, -0.05) is 15.9 Å². The van der Waals surface area contributed by atoms with Crippen molar-refractivity contribution in [1.82, 2.24) is 4.98 Å². The minimum Gasteiger partial charge on any atom is -0.477 e. The molecule has 0 fully saturated rings. The average molecular weight is 309 g/mol. The molecule has 3 nitrogen and oxygen atoms in total. The summed E-state index contributed by atoms with van der Waals surface area (Å²) in [6, 6.07) is 1.78. The lowest BCUT2D eigenvalue weighted by atomic mass is 10.1. The number of alkyl halides is 1. The standard InChI is InChI=1S/C8H7Br2NO2/c9-2-1-5-3-6(10)4-11-7(5)8(12)13/h3-4H,1-2H2,(H,12,13). The van der Waals surface area contributed by atoms with Crippen molar-refractivity contribution >= 4 is 37.8 Å². The molecule has 0 spiro atoms. The first-order chi connectivity index (χ1) is 6.15. The van der Waals surface area contributed by atoms with E-state index in [1.54, 1.807) is 6.07 Å². The highest BCUT2D eigenvalue weighted by atomic mass is 79.9. The molecule has 5 heteroatoms. The third kappa shape index (κ3) is 2.77. The predicted octanol–water partition coefficient (Wildman–Crippen LogP) is 2.48. The van der Waals surface area contributed by atoms with E-state index < -0.39 is 5.97 Å². The van der Waals surface area contributed by atoms with Crippen molar-refractivity contribution in [1.29, 1.82) is 0 Å². The van der Waals surface area contributed by atoms with E-state index >= 15 is 0 Å². The highest BCUT2D eigenvalue weighted by Gasteiger charge is 2.11. The van der Waals surface area contributed by atoms with E-state index in [-0.39, 0.29) is 5.69 Å². The number of carboxylic acids is 1. The number of carbonyl (C=O) groups is 1. The van der Waals surface area contributed by atoms with Crippen LogP contribution in [0.1, 0.15) is 16.1 Å². The second kappa shape index (κ2) is 4.72. The Morgan fingerprint density at radius 1 is 1.62 bits per heavy atom. The lowest BCUT2D eigenvalue weighted by Gasteiger charge is -2.02. The first-order valence-corrected chi connectivity index (χ1v) is 5.50. The summed E-state index contributed by atoms with van der Waals surface area (Å²) in [7, 11) is 0. The van der Waals surface area contributed by atoms with Gasteiger partial charge in [0.15, 0.2) is 5.69 Å². The highest BCUT2D eigenvalue weighted by molar-refractivity contribution is 9.10. The molecule has 13 heavy (non-hydrogen) atoms. The van der Waals surface area contributed by atoms with Crippen molar-refractivity contribution in [3.63, 3.8) is 0 Å². The van der Waals surface area contributed by atoms with Crippen molar-refractivity contribution in [2.24, 2.45) is 0 Å². The number of pyridine rings is 1. The summed E-state index contributed by atoms with van der Waals surface area (Å²) in [5.74, 6) is -0.983. The van der Waals surface area contributed by atoms with Gasteiger partial charge in [0.25, 0.3) is 0 Å². The first kappa shape index (κ1) is 10.7. The molecule has 0 aliphatic heterocycles. The van der Waals surface area contributed by atoms with Gasteiger partial charge in [-0.05, 0) is 34.0 Å². The van der Waals surface area contributed by atoms with E-state index in [2.05, 4.69) is 36.8 Å². The summed E-state index contributed by atoms with van der Waals surface area (Å²) in [5, 5.41) is 9.52. The van der Waals surface area contributed by atoms with Crippen LogP contribution in [-0.4, -0.2) is 21.4 Å². The molecular weight excluding hydrogens is 302 g/mol. The van der Waals surface area contributed by atoms with Gasteiger partial charge < -0.3 is 5.11 Å². The van der Waals surface area contributed by atoms with E-state index in [1.165, 1.54) is 6.20 Å². The molecule has 0 amide bonds. The van der Waals surface area contributed by atoms with Crippen LogP contribution < -0.4 is 0 Å². The van der Waals surface area contributed by atoms with E-state index in [4.69, 9.17) is 5.11 Å². The van der Waals surface area contributed by atoms with Gasteiger partial charge in [-0.2, -0.15) is 0 Å². The van der Waals surface area contributed by atoms with Crippen molar-refractivity contribution in [3.8, 4) is 0 Å². The van der Waals surface area contributed by atoms with Crippen LogP contribution in [0.2, 0.25) is 0 Å². The van der Waals surface area contributed by atoms with Crippen LogP contribution in [0.3, 0.4) is 0 Å². The Morgan fingerprint density at radius 3 is 2.85 bits per heavy atom. The molecule has 0 saturated heterocycles. The Kier molecular flexibility index (Phi) is 3.87. The number of hydrogen-bond acceptors (Lipinski definition) is 2. The van der Waals surface area contributed by atoms with Crippen LogP contribution in [0.25, 0.3) is 0 Å². The Morgan fingerprint density at radius 2 is 2.31 bits per heavy atom. The van der Waals surface area contributed by atoms with E-state index in [9.17, 15) is 4.79 Å². The van der Waals surface area contributed by atoms with Gasteiger partial charge in [-0.25, -0.2) is 9.78 Å². The van der Waals surface area contributed by atoms with Gasteiger partial charge in [0.2, 0.25) is 0 Å². The molecule has 1 heterocycles. The lowest BCUT2D eigenvalue weighted by Crippen LogP contribution is -2.06. The van der Waals surface area contributed by atoms with Crippen molar-refractivity contribution < 1.29 is 9.90 Å². The molecule has 0 bridgehead atoms. The molecule has 0 radical (unpaired) electrons. The number of aryl methyl sites for hydroxylation is 1. The Balaban J connectivity index is 3.10. The summed E-state index contributed by atoms with van der Waals surface area (Å²) in [6.07, 6.45) is 2.15. The Bertz CT molecular complexity index is 328. The number of hydrogen-bond donors (Lipinski definition) is 1. The van der Waals surface area contributed by atoms with E-state index in [0.717, 1.165) is 15.4 Å². The Labute approximate surface area is 92.4 Å². The van der Waals surface area contributed by atoms with Crippen LogP contribution in [0.4, 0.5) is 0 Å². The molecule has 0 saturated carbocycles. The van der Waals surface area contributed by atoms with Gasteiger partial charge in [0.1, 0.15) is 0 Å². The first-order valence-electron chi connectivity index (χ1n) is 3.59. The predicted molar refractivity (Wildman–Crippen MR) is 56.4 cm³/mol. The topological polar surface area (TPSA) is 50.2 Å². The van der Waals surface area contributed by atoms with Crippen LogP contribution in [0, 0.1) is 0 Å². The van der Waals surface area contributed by atoms with Crippen molar-refractivity contribution in [3.05, 3.63) is 28.0 Å². The zero-order valence-electron chi connectivity index (χ0n) is 6.63. The van der Waals surface area contributed by atoms with Gasteiger partial charge >= 0.3 is 5.97 Å². The number of halogens is 2. The molecule has 1 rings (SSSR count). The fraction of sp³-hybridized carbons (Fsp3) is 0.250. The molecular formula is C8H7Br2NO2. The summed E-state index contributed by atoms with van der Waals surface area (Å²) in [5.41, 5.74) is 0.862. The summed E-state index contributed by atoms with van der Waals surface area (Å²) in [6.45, 7) is 0. The molecule has 0 unspecified atom stereocenters. The van der Waals surface area contributed by atoms with Crippen LogP contribution in [-0.2, 0) is 6.42 Å². The van der Waals surface area contributed by atoms with Crippen LogP contribution >= 0.6 is 31.9 Å². The molecule has 1 aromatic rings. The quantitative estimate of drug-likeness (QED) is 0.873. The van der Waals surface area contributed by atoms with Crippen molar-refractivity contribution in [2.75, 3.05) is 5.33 Å². The maximum atomic E-state index is 10.7. The number of nitrogens with zero attached hydrogens (tertiary/aromatic N) is 1. The molecule has 70 valence electrons. The smallest absolute Gasteiger partial charge is 0.354 e. The monoisotopic (exact) mass is 307 g/mol. The number of aromatic carboxylic acids is 1. The van der Waals surface area contributed by atoms with E-state index in [0.29, 0.717) is 6.42 Å². The molecule has 0 aliphatic carbocycles. The molecule has 1 N–H and O–H groups in total. The molecule has 0 atom stereocenters. The average Bonchev–Trinajstić information content (AvgIpc) is 2.04. The van der Waals surface area contributed by atoms with Gasteiger partial charge in [0, 0.05) is 16.0 Å². The SMILES string of the molecule is O=C(O)c1ncc(Br)cc1CCBr. The number of rotatable bonds is 3. The third-order valence-corrected chi connectivity index (χ3v) is 2.33. The molecule has 0 aromatic carbocycles. The summed E-state index contributed by atoms with van der Waals surface area (Å²) >= 11 is 6.50. The van der Waals surface area contributed by atoms with Crippen LogP contribution in [0.15, 0.2) is 16.7 Å². The number of carboxylic acid groups (broad SMARTS) is 1. The fourth-order valence-electron chi connectivity index (χ4n) is 0.966. The van der Waals surface area contributed by atoms with Crippen LogP contribution in [0.5, 0.6) is 0 Å². The van der Waals surface area contributed by atoms with Gasteiger partial charge in [-0.3, -0.25) is 0 Å². The van der Waals surface area contributed by atoms with Gasteiger partial charge in [-0.15, -0.1) is 0 Å². The summed E-state index contributed by atoms with van der Waals surface area (Å²) in [4.78, 5) is 14.5. The normalized spacial score (nSPS) is 10.0. The zero-order valence-corrected chi connectivity index (χ0v) is 9.80. The Hall–Kier alpha value is -0.420. The minimum atomic E-state index is -0.983. The van der Waals surface area contributed by atoms with E-state index in [1.807, 2.05) is 0 Å². The lowest BCUT2D eigenvalue weighted by molar-refractivity contribution is 0.0689. The highest BCUT2D eigenvalue weighted by Crippen LogP contribution is 2.15. The van der Waals surface area contributed by atoms with Gasteiger partial charge in [0.05, 0.1) is 0 Å².